The molecule has 3 N–H and O–H groups in total. The normalized spacial score (nSPS) is 21.6. The zero-order valence-corrected chi connectivity index (χ0v) is 24.1. The fourth-order valence-electron chi connectivity index (χ4n) is 6.02. The highest BCUT2D eigenvalue weighted by molar-refractivity contribution is 7.89. The Hall–Kier alpha value is -3.27. The summed E-state index contributed by atoms with van der Waals surface area (Å²) < 4.78 is 30.6. The van der Waals surface area contributed by atoms with Gasteiger partial charge in [-0.15, -0.1) is 0 Å². The number of hydrogen-bond donors (Lipinski definition) is 3. The molecule has 2 saturated heterocycles. The van der Waals surface area contributed by atoms with E-state index in [1.807, 2.05) is 36.1 Å². The van der Waals surface area contributed by atoms with Crippen molar-refractivity contribution >= 4 is 38.3 Å². The summed E-state index contributed by atoms with van der Waals surface area (Å²) in [6, 6.07) is 17.4. The summed E-state index contributed by atoms with van der Waals surface area (Å²) in [6.45, 7) is 7.96. The third-order valence-electron chi connectivity index (χ3n) is 8.30. The number of amides is 2. The van der Waals surface area contributed by atoms with E-state index in [9.17, 15) is 18.0 Å². The van der Waals surface area contributed by atoms with Crippen LogP contribution in [0.1, 0.15) is 49.0 Å². The Kier molecular flexibility index (Phi) is 8.26. The zero-order chi connectivity index (χ0) is 28.4. The molecule has 0 spiro atoms. The van der Waals surface area contributed by atoms with Gasteiger partial charge in [0.25, 0.3) is 5.91 Å². The van der Waals surface area contributed by atoms with Crippen LogP contribution in [-0.2, 0) is 14.8 Å². The summed E-state index contributed by atoms with van der Waals surface area (Å²) in [5.41, 5.74) is 1.98. The Morgan fingerprint density at radius 1 is 0.975 bits per heavy atom. The van der Waals surface area contributed by atoms with E-state index >= 15 is 0 Å². The van der Waals surface area contributed by atoms with Crippen LogP contribution in [0.5, 0.6) is 0 Å². The third kappa shape index (κ3) is 5.77. The van der Waals surface area contributed by atoms with Gasteiger partial charge in [0.05, 0.1) is 10.9 Å². The molecule has 40 heavy (non-hydrogen) atoms. The Balaban J connectivity index is 1.38. The maximum absolute atomic E-state index is 13.8. The van der Waals surface area contributed by atoms with Crippen LogP contribution in [0.25, 0.3) is 10.8 Å². The Morgan fingerprint density at radius 3 is 2.45 bits per heavy atom. The second-order valence-corrected chi connectivity index (χ2v) is 13.0. The topological polar surface area (TPSA) is 108 Å². The van der Waals surface area contributed by atoms with Crippen molar-refractivity contribution in [1.29, 1.82) is 0 Å². The van der Waals surface area contributed by atoms with Crippen LogP contribution >= 0.6 is 0 Å². The van der Waals surface area contributed by atoms with Crippen molar-refractivity contribution in [2.24, 2.45) is 11.8 Å². The Labute approximate surface area is 236 Å². The molecule has 0 saturated carbocycles. The molecule has 3 aromatic rings. The van der Waals surface area contributed by atoms with Crippen LogP contribution in [-0.4, -0.2) is 56.9 Å². The summed E-state index contributed by atoms with van der Waals surface area (Å²) in [6.07, 6.45) is 2.41. The van der Waals surface area contributed by atoms with E-state index in [1.54, 1.807) is 36.4 Å². The van der Waals surface area contributed by atoms with Gasteiger partial charge in [-0.2, -0.15) is 0 Å². The van der Waals surface area contributed by atoms with Crippen LogP contribution in [0.4, 0.5) is 5.69 Å². The summed E-state index contributed by atoms with van der Waals surface area (Å²) in [4.78, 5) is 28.1. The van der Waals surface area contributed by atoms with Crippen molar-refractivity contribution in [3.05, 3.63) is 71.8 Å². The van der Waals surface area contributed by atoms with Gasteiger partial charge >= 0.3 is 0 Å². The number of carbonyl (C=O) groups excluding carboxylic acids is 2. The van der Waals surface area contributed by atoms with Crippen molar-refractivity contribution in [3.8, 4) is 0 Å². The van der Waals surface area contributed by atoms with Crippen LogP contribution in [0.2, 0.25) is 0 Å². The van der Waals surface area contributed by atoms with Gasteiger partial charge in [-0.25, -0.2) is 13.1 Å². The van der Waals surface area contributed by atoms with Crippen LogP contribution in [0.3, 0.4) is 0 Å². The lowest BCUT2D eigenvalue weighted by atomic mass is 9.84. The molecular formula is C31H38N4O4S. The van der Waals surface area contributed by atoms with Gasteiger partial charge in [0.2, 0.25) is 15.9 Å². The lowest BCUT2D eigenvalue weighted by molar-refractivity contribution is -0.135. The fraction of sp³-hybridized carbons (Fsp3) is 0.419. The van der Waals surface area contributed by atoms with Gasteiger partial charge in [0.1, 0.15) is 0 Å². The average molecular weight is 563 g/mol. The van der Waals surface area contributed by atoms with Crippen molar-refractivity contribution in [3.63, 3.8) is 0 Å². The largest absolute Gasteiger partial charge is 0.341 e. The first-order valence-electron chi connectivity index (χ1n) is 14.1. The molecule has 212 valence electrons. The lowest BCUT2D eigenvalue weighted by Gasteiger charge is -2.41. The highest BCUT2D eigenvalue weighted by Crippen LogP contribution is 2.31. The van der Waals surface area contributed by atoms with Crippen LogP contribution < -0.4 is 15.4 Å². The molecule has 5 rings (SSSR count). The first-order valence-corrected chi connectivity index (χ1v) is 15.6. The Bertz CT molecular complexity index is 1510. The van der Waals surface area contributed by atoms with Crippen molar-refractivity contribution in [1.82, 2.24) is 14.9 Å². The summed E-state index contributed by atoms with van der Waals surface area (Å²) in [5.74, 6) is 0.0630. The van der Waals surface area contributed by atoms with Gasteiger partial charge in [-0.1, -0.05) is 56.3 Å². The third-order valence-corrected chi connectivity index (χ3v) is 9.85. The minimum absolute atomic E-state index is 0.00665. The molecule has 3 aromatic carbocycles. The predicted octanol–water partition coefficient (Wildman–Crippen LogP) is 4.30. The molecule has 2 heterocycles. The molecule has 2 aliphatic heterocycles. The minimum atomic E-state index is -3.89. The van der Waals surface area contributed by atoms with Crippen molar-refractivity contribution < 1.29 is 18.0 Å². The van der Waals surface area contributed by atoms with Gasteiger partial charge < -0.3 is 15.5 Å². The number of benzene rings is 3. The SMILES string of the molecule is Cc1ccccc1C(=O)Nc1cccc2c(S(=O)(=O)N[C@H]3CCN(C(=O)[C@@H]4CCCN4)C[C@H]3C(C)C)cccc12. The average Bonchev–Trinajstić information content (AvgIpc) is 3.48. The summed E-state index contributed by atoms with van der Waals surface area (Å²) >= 11 is 0. The zero-order valence-electron chi connectivity index (χ0n) is 23.3. The van der Waals surface area contributed by atoms with Crippen LogP contribution in [0.15, 0.2) is 65.6 Å². The number of carbonyl (C=O) groups is 2. The minimum Gasteiger partial charge on any atom is -0.341 e. The molecule has 3 atom stereocenters. The van der Waals surface area contributed by atoms with Gasteiger partial charge in [0.15, 0.2) is 0 Å². The van der Waals surface area contributed by atoms with Crippen LogP contribution in [0, 0.1) is 18.8 Å². The first-order chi connectivity index (χ1) is 19.2. The van der Waals surface area contributed by atoms with E-state index in [2.05, 4.69) is 29.2 Å². The molecule has 8 nitrogen and oxygen atoms in total. The number of anilines is 1. The lowest BCUT2D eigenvalue weighted by Crippen LogP contribution is -2.56. The monoisotopic (exact) mass is 562 g/mol. The number of rotatable bonds is 7. The number of sulfonamides is 1. The van der Waals surface area contributed by atoms with Crippen molar-refractivity contribution in [2.45, 2.75) is 57.0 Å². The Morgan fingerprint density at radius 2 is 1.73 bits per heavy atom. The number of nitrogens with one attached hydrogen (secondary N) is 3. The quantitative estimate of drug-likeness (QED) is 0.398. The van der Waals surface area contributed by atoms with E-state index in [1.165, 1.54) is 0 Å². The first kappa shape index (κ1) is 28.3. The molecule has 0 aliphatic carbocycles. The van der Waals surface area contributed by atoms with E-state index < -0.39 is 10.0 Å². The second-order valence-electron chi connectivity index (χ2n) is 11.3. The number of hydrogen-bond acceptors (Lipinski definition) is 5. The number of nitrogens with zero attached hydrogens (tertiary/aromatic N) is 1. The molecule has 0 unspecified atom stereocenters. The number of likely N-dealkylation sites (tertiary alicyclic amines) is 1. The molecule has 2 amide bonds. The highest BCUT2D eigenvalue weighted by atomic mass is 32.2. The number of fused-ring (bicyclic) bond motifs is 1. The van der Waals surface area contributed by atoms with Gasteiger partial charge in [-0.05, 0) is 68.3 Å². The molecular weight excluding hydrogens is 524 g/mol. The highest BCUT2D eigenvalue weighted by Gasteiger charge is 2.38. The van der Waals surface area contributed by atoms with E-state index in [0.717, 1.165) is 24.9 Å². The van der Waals surface area contributed by atoms with Crippen molar-refractivity contribution in [2.75, 3.05) is 25.0 Å². The van der Waals surface area contributed by atoms with E-state index in [4.69, 9.17) is 0 Å². The van der Waals surface area contributed by atoms with Gasteiger partial charge in [0, 0.05) is 41.2 Å². The maximum atomic E-state index is 13.8. The van der Waals surface area contributed by atoms with E-state index in [0.29, 0.717) is 41.5 Å². The molecule has 2 aliphatic rings. The molecule has 0 bridgehead atoms. The van der Waals surface area contributed by atoms with Gasteiger partial charge in [-0.3, -0.25) is 9.59 Å². The molecule has 0 aromatic heterocycles. The molecule has 0 radical (unpaired) electrons. The summed E-state index contributed by atoms with van der Waals surface area (Å²) in [7, 11) is -3.89. The number of piperidine rings is 1. The fourth-order valence-corrected chi connectivity index (χ4v) is 7.57. The number of aryl methyl sites for hydroxylation is 1. The standard InChI is InChI=1S/C31H38N4O4S/c1-20(2)25-19-35(31(37)28-14-8-17-32-28)18-16-27(25)34-40(38,39)29-15-7-11-23-24(29)12-6-13-26(23)33-30(36)22-10-5-4-9-21(22)3/h4-7,9-13,15,20,25,27-28,32,34H,8,14,16-19H2,1-3H3,(H,33,36)/t25-,27-,28-/m0/s1. The van der Waals surface area contributed by atoms with E-state index in [-0.39, 0.29) is 40.6 Å². The smallest absolute Gasteiger partial charge is 0.255 e. The maximum Gasteiger partial charge on any atom is 0.255 e. The predicted molar refractivity (Wildman–Crippen MR) is 158 cm³/mol. The summed E-state index contributed by atoms with van der Waals surface area (Å²) in [5, 5.41) is 7.44. The second kappa shape index (κ2) is 11.7. The molecule has 9 heteroatoms. The molecule has 2 fully saturated rings.